The topological polar surface area (TPSA) is 50.7 Å². The second-order valence-electron chi connectivity index (χ2n) is 6.07. The van der Waals surface area contributed by atoms with E-state index in [1.54, 1.807) is 0 Å². The SMILES string of the molecule is [B]C(C)NCC(O)COc1ccc(CCOCC2CC2)cc1. The molecule has 0 aliphatic heterocycles. The number of aliphatic hydroxyl groups is 1. The quantitative estimate of drug-likeness (QED) is 0.480. The van der Waals surface area contributed by atoms with Crippen LogP contribution in [-0.4, -0.2) is 51.4 Å². The molecule has 2 N–H and O–H groups in total. The van der Waals surface area contributed by atoms with Gasteiger partial charge in [-0.25, -0.2) is 0 Å². The molecule has 0 spiro atoms. The van der Waals surface area contributed by atoms with Gasteiger partial charge < -0.3 is 19.9 Å². The van der Waals surface area contributed by atoms with Gasteiger partial charge in [0, 0.05) is 13.2 Å². The zero-order valence-corrected chi connectivity index (χ0v) is 13.3. The molecule has 1 aliphatic carbocycles. The molecule has 5 heteroatoms. The van der Waals surface area contributed by atoms with Crippen LogP contribution >= 0.6 is 0 Å². The molecule has 1 aromatic carbocycles. The Bertz CT molecular complexity index is 420. The fraction of sp³-hybridized carbons (Fsp3) is 0.647. The van der Waals surface area contributed by atoms with Crippen molar-refractivity contribution in [1.82, 2.24) is 5.32 Å². The van der Waals surface area contributed by atoms with Gasteiger partial charge in [0.2, 0.25) is 0 Å². The summed E-state index contributed by atoms with van der Waals surface area (Å²) >= 11 is 0. The minimum atomic E-state index is -0.568. The van der Waals surface area contributed by atoms with E-state index >= 15 is 0 Å². The first-order valence-electron chi connectivity index (χ1n) is 8.10. The largest absolute Gasteiger partial charge is 0.491 e. The Morgan fingerprint density at radius 2 is 2.05 bits per heavy atom. The Morgan fingerprint density at radius 3 is 2.68 bits per heavy atom. The van der Waals surface area contributed by atoms with E-state index in [0.717, 1.165) is 31.3 Å². The Hall–Kier alpha value is -1.04. The van der Waals surface area contributed by atoms with Gasteiger partial charge in [0.1, 0.15) is 18.5 Å². The van der Waals surface area contributed by atoms with E-state index in [1.165, 1.54) is 18.4 Å². The highest BCUT2D eigenvalue weighted by Gasteiger charge is 2.20. The molecule has 0 bridgehead atoms. The van der Waals surface area contributed by atoms with Gasteiger partial charge in [-0.2, -0.15) is 0 Å². The molecule has 2 atom stereocenters. The summed E-state index contributed by atoms with van der Waals surface area (Å²) in [6.45, 7) is 4.20. The maximum Gasteiger partial charge on any atom is 0.119 e. The molecule has 2 rings (SSSR count). The van der Waals surface area contributed by atoms with Gasteiger partial charge in [0.05, 0.1) is 14.5 Å². The second-order valence-corrected chi connectivity index (χ2v) is 6.07. The molecule has 0 amide bonds. The van der Waals surface area contributed by atoms with E-state index in [2.05, 4.69) is 5.32 Å². The summed E-state index contributed by atoms with van der Waals surface area (Å²) in [4.78, 5) is 0. The lowest BCUT2D eigenvalue weighted by atomic mass is 9.99. The number of rotatable bonds is 11. The molecule has 22 heavy (non-hydrogen) atoms. The highest BCUT2D eigenvalue weighted by molar-refractivity contribution is 6.11. The molecule has 0 saturated heterocycles. The van der Waals surface area contributed by atoms with Crippen molar-refractivity contribution >= 4 is 7.85 Å². The van der Waals surface area contributed by atoms with E-state index in [1.807, 2.05) is 31.2 Å². The van der Waals surface area contributed by atoms with Crippen molar-refractivity contribution < 1.29 is 14.6 Å². The fourth-order valence-corrected chi connectivity index (χ4v) is 2.05. The summed E-state index contributed by atoms with van der Waals surface area (Å²) in [5, 5.41) is 12.7. The van der Waals surface area contributed by atoms with Crippen LogP contribution in [0.5, 0.6) is 5.75 Å². The molecular formula is C17H26BNO3. The third-order valence-electron chi connectivity index (χ3n) is 3.63. The van der Waals surface area contributed by atoms with Crippen LogP contribution in [0.3, 0.4) is 0 Å². The van der Waals surface area contributed by atoms with Gasteiger partial charge in [-0.3, -0.25) is 0 Å². The lowest BCUT2D eigenvalue weighted by Crippen LogP contribution is -2.36. The van der Waals surface area contributed by atoms with E-state index < -0.39 is 6.10 Å². The highest BCUT2D eigenvalue weighted by atomic mass is 16.5. The van der Waals surface area contributed by atoms with Crippen molar-refractivity contribution in [3.63, 3.8) is 0 Å². The standard InChI is InChI=1S/C17H26BNO3/c1-13(18)19-10-16(20)12-22-17-6-4-14(5-7-17)8-9-21-11-15-2-3-15/h4-7,13,15-16,19-20H,2-3,8-12H2,1H3. The van der Waals surface area contributed by atoms with Crippen LogP contribution in [0.2, 0.25) is 0 Å². The van der Waals surface area contributed by atoms with E-state index in [0.29, 0.717) is 6.54 Å². The number of nitrogens with one attached hydrogen (secondary N) is 1. The predicted octanol–water partition coefficient (Wildman–Crippen LogP) is 1.50. The predicted molar refractivity (Wildman–Crippen MR) is 88.4 cm³/mol. The lowest BCUT2D eigenvalue weighted by Gasteiger charge is -2.15. The lowest BCUT2D eigenvalue weighted by molar-refractivity contribution is 0.106. The Kier molecular flexibility index (Phi) is 7.23. The van der Waals surface area contributed by atoms with E-state index in [-0.39, 0.29) is 12.5 Å². The van der Waals surface area contributed by atoms with E-state index in [9.17, 15) is 5.11 Å². The zero-order chi connectivity index (χ0) is 15.8. The van der Waals surface area contributed by atoms with Gasteiger partial charge in [-0.05, 0) is 48.8 Å². The van der Waals surface area contributed by atoms with Gasteiger partial charge in [-0.1, -0.05) is 19.1 Å². The third kappa shape index (κ3) is 7.30. The molecule has 2 radical (unpaired) electrons. The summed E-state index contributed by atoms with van der Waals surface area (Å²) in [6, 6.07) is 7.95. The van der Waals surface area contributed by atoms with Crippen LogP contribution in [0.1, 0.15) is 25.3 Å². The molecule has 1 fully saturated rings. The minimum Gasteiger partial charge on any atom is -0.491 e. The van der Waals surface area contributed by atoms with Gasteiger partial charge in [-0.15, -0.1) is 0 Å². The van der Waals surface area contributed by atoms with Crippen molar-refractivity contribution in [2.75, 3.05) is 26.4 Å². The van der Waals surface area contributed by atoms with Crippen molar-refractivity contribution in [3.8, 4) is 5.75 Å². The minimum absolute atomic E-state index is 0.129. The smallest absolute Gasteiger partial charge is 0.119 e. The van der Waals surface area contributed by atoms with Crippen molar-refractivity contribution in [2.45, 2.75) is 38.2 Å². The van der Waals surface area contributed by atoms with Crippen LogP contribution in [-0.2, 0) is 11.2 Å². The van der Waals surface area contributed by atoms with Gasteiger partial charge in [0.25, 0.3) is 0 Å². The first-order chi connectivity index (χ1) is 10.6. The van der Waals surface area contributed by atoms with Crippen LogP contribution in [0.4, 0.5) is 0 Å². The maximum absolute atomic E-state index is 9.75. The second kappa shape index (κ2) is 9.18. The molecule has 1 saturated carbocycles. The number of ether oxygens (including phenoxy) is 2. The molecule has 4 nitrogen and oxygen atoms in total. The van der Waals surface area contributed by atoms with Crippen molar-refractivity contribution in [3.05, 3.63) is 29.8 Å². The van der Waals surface area contributed by atoms with Crippen LogP contribution < -0.4 is 10.1 Å². The van der Waals surface area contributed by atoms with Crippen LogP contribution in [0, 0.1) is 5.92 Å². The number of benzene rings is 1. The first kappa shape index (κ1) is 17.3. The Balaban J connectivity index is 1.60. The van der Waals surface area contributed by atoms with Gasteiger partial charge in [0.15, 0.2) is 0 Å². The molecule has 120 valence electrons. The van der Waals surface area contributed by atoms with Gasteiger partial charge >= 0.3 is 0 Å². The first-order valence-corrected chi connectivity index (χ1v) is 8.10. The van der Waals surface area contributed by atoms with E-state index in [4.69, 9.17) is 17.3 Å². The highest BCUT2D eigenvalue weighted by Crippen LogP contribution is 2.28. The summed E-state index contributed by atoms with van der Waals surface area (Å²) in [6.07, 6.45) is 3.02. The molecule has 0 heterocycles. The summed E-state index contributed by atoms with van der Waals surface area (Å²) in [5.74, 6) is 1.46. The Labute approximate surface area is 134 Å². The molecule has 0 aromatic heterocycles. The fourth-order valence-electron chi connectivity index (χ4n) is 2.05. The summed E-state index contributed by atoms with van der Waals surface area (Å²) in [5.41, 5.74) is 1.24. The molecular weight excluding hydrogens is 277 g/mol. The Morgan fingerprint density at radius 1 is 1.32 bits per heavy atom. The molecule has 1 aromatic rings. The molecule has 2 unspecified atom stereocenters. The average molecular weight is 303 g/mol. The van der Waals surface area contributed by atoms with Crippen LogP contribution in [0.25, 0.3) is 0 Å². The number of hydrogen-bond acceptors (Lipinski definition) is 4. The maximum atomic E-state index is 9.75. The monoisotopic (exact) mass is 303 g/mol. The zero-order valence-electron chi connectivity index (χ0n) is 13.3. The number of hydrogen-bond donors (Lipinski definition) is 2. The summed E-state index contributed by atoms with van der Waals surface area (Å²) < 4.78 is 11.2. The van der Waals surface area contributed by atoms with Crippen LogP contribution in [0.15, 0.2) is 24.3 Å². The van der Waals surface area contributed by atoms with Crippen molar-refractivity contribution in [2.24, 2.45) is 5.92 Å². The number of aliphatic hydroxyl groups excluding tert-OH is 1. The third-order valence-corrected chi connectivity index (χ3v) is 3.63. The molecule has 1 aliphatic rings. The average Bonchev–Trinajstić information content (AvgIpc) is 3.33. The summed E-state index contributed by atoms with van der Waals surface area (Å²) in [7, 11) is 5.56. The van der Waals surface area contributed by atoms with Crippen molar-refractivity contribution in [1.29, 1.82) is 0 Å². The normalized spacial score (nSPS) is 17.2.